The Morgan fingerprint density at radius 3 is 2.67 bits per heavy atom. The lowest BCUT2D eigenvalue weighted by atomic mass is 10.4. The predicted molar refractivity (Wildman–Crippen MR) is 46.6 cm³/mol. The van der Waals surface area contributed by atoms with E-state index in [0.717, 1.165) is 0 Å². The van der Waals surface area contributed by atoms with Crippen molar-refractivity contribution in [1.29, 1.82) is 0 Å². The first-order valence-electron chi connectivity index (χ1n) is 3.68. The molecule has 1 rings (SSSR count). The summed E-state index contributed by atoms with van der Waals surface area (Å²) in [6.45, 7) is 2.12. The lowest BCUT2D eigenvalue weighted by Crippen LogP contribution is -2.16. The number of anilines is 2. The fourth-order valence-corrected chi connectivity index (χ4v) is 0.668. The molecule has 0 saturated heterocycles. The maximum atomic E-state index is 8.93. The smallest absolute Gasteiger partial charge is 0.222 e. The fourth-order valence-electron chi connectivity index (χ4n) is 0.668. The summed E-state index contributed by atoms with van der Waals surface area (Å²) in [4.78, 5) is 7.78. The molecule has 0 bridgehead atoms. The van der Waals surface area contributed by atoms with Gasteiger partial charge in [0.15, 0.2) is 0 Å². The van der Waals surface area contributed by atoms with Crippen molar-refractivity contribution in [2.24, 2.45) is 0 Å². The summed E-state index contributed by atoms with van der Waals surface area (Å²) < 4.78 is 0. The molecule has 0 unspecified atom stereocenters. The number of nitrogens with zero attached hydrogens (tertiary/aromatic N) is 2. The van der Waals surface area contributed by atoms with Gasteiger partial charge in [0, 0.05) is 6.54 Å². The van der Waals surface area contributed by atoms with Crippen molar-refractivity contribution >= 4 is 11.6 Å². The third-order valence-corrected chi connectivity index (χ3v) is 1.23. The predicted octanol–water partition coefficient (Wildman–Crippen LogP) is -0.149. The molecule has 0 aliphatic heterocycles. The molecule has 66 valence electrons. The van der Waals surface area contributed by atoms with Crippen molar-refractivity contribution in [3.8, 4) is 0 Å². The summed E-state index contributed by atoms with van der Waals surface area (Å²) in [6, 6.07) is 0. The van der Waals surface area contributed by atoms with Gasteiger partial charge in [-0.15, -0.1) is 0 Å². The normalized spacial score (nSPS) is 12.5. The van der Waals surface area contributed by atoms with E-state index in [1.165, 1.54) is 12.4 Å². The van der Waals surface area contributed by atoms with E-state index < -0.39 is 6.10 Å². The van der Waals surface area contributed by atoms with Gasteiger partial charge in [0.1, 0.15) is 0 Å². The monoisotopic (exact) mass is 168 g/mol. The Hall–Kier alpha value is -1.36. The largest absolute Gasteiger partial charge is 0.396 e. The molecule has 12 heavy (non-hydrogen) atoms. The lowest BCUT2D eigenvalue weighted by molar-refractivity contribution is 0.208. The molecule has 1 heterocycles. The van der Waals surface area contributed by atoms with E-state index in [1.807, 2.05) is 0 Å². The van der Waals surface area contributed by atoms with Gasteiger partial charge in [0.2, 0.25) is 5.95 Å². The Labute approximate surface area is 70.6 Å². The van der Waals surface area contributed by atoms with E-state index in [-0.39, 0.29) is 0 Å². The molecule has 4 N–H and O–H groups in total. The fraction of sp³-hybridized carbons (Fsp3) is 0.429. The van der Waals surface area contributed by atoms with Crippen LogP contribution in [0, 0.1) is 0 Å². The van der Waals surface area contributed by atoms with E-state index in [1.54, 1.807) is 6.92 Å². The van der Waals surface area contributed by atoms with Gasteiger partial charge in [0.05, 0.1) is 24.2 Å². The average molecular weight is 168 g/mol. The number of nitrogen functional groups attached to an aromatic ring is 1. The van der Waals surface area contributed by atoms with Gasteiger partial charge in [-0.2, -0.15) is 0 Å². The molecular weight excluding hydrogens is 156 g/mol. The summed E-state index contributed by atoms with van der Waals surface area (Å²) in [7, 11) is 0. The molecular formula is C7H12N4O. The van der Waals surface area contributed by atoms with Crippen molar-refractivity contribution in [1.82, 2.24) is 9.97 Å². The van der Waals surface area contributed by atoms with E-state index in [2.05, 4.69) is 15.3 Å². The first-order valence-corrected chi connectivity index (χ1v) is 3.68. The van der Waals surface area contributed by atoms with Gasteiger partial charge in [-0.3, -0.25) is 0 Å². The van der Waals surface area contributed by atoms with Gasteiger partial charge in [-0.05, 0) is 6.92 Å². The second-order valence-electron chi connectivity index (χ2n) is 2.57. The number of hydrogen-bond donors (Lipinski definition) is 3. The van der Waals surface area contributed by atoms with Crippen LogP contribution in [-0.2, 0) is 0 Å². The third-order valence-electron chi connectivity index (χ3n) is 1.23. The van der Waals surface area contributed by atoms with Crippen LogP contribution in [0.15, 0.2) is 12.4 Å². The molecule has 5 nitrogen and oxygen atoms in total. The van der Waals surface area contributed by atoms with Crippen LogP contribution in [-0.4, -0.2) is 27.7 Å². The Balaban J connectivity index is 2.48. The highest BCUT2D eigenvalue weighted by Gasteiger charge is 1.97. The quantitative estimate of drug-likeness (QED) is 0.584. The van der Waals surface area contributed by atoms with Gasteiger partial charge < -0.3 is 16.2 Å². The van der Waals surface area contributed by atoms with Crippen LogP contribution >= 0.6 is 0 Å². The molecule has 1 atom stereocenters. The SMILES string of the molecule is C[C@H](O)CNc1ncc(N)cn1. The Morgan fingerprint density at radius 2 is 2.17 bits per heavy atom. The topological polar surface area (TPSA) is 84.1 Å². The Bertz CT molecular complexity index is 234. The molecule has 0 aliphatic carbocycles. The summed E-state index contributed by atoms with van der Waals surface area (Å²) in [5.74, 6) is 0.477. The summed E-state index contributed by atoms with van der Waals surface area (Å²) in [6.07, 6.45) is 2.61. The molecule has 0 spiro atoms. The molecule has 0 amide bonds. The third kappa shape index (κ3) is 2.71. The second kappa shape index (κ2) is 3.87. The maximum absolute atomic E-state index is 8.93. The van der Waals surface area contributed by atoms with E-state index >= 15 is 0 Å². The molecule has 0 radical (unpaired) electrons. The average Bonchev–Trinajstić information content (AvgIpc) is 2.03. The Morgan fingerprint density at radius 1 is 1.58 bits per heavy atom. The minimum absolute atomic E-state index is 0.411. The van der Waals surface area contributed by atoms with Crippen LogP contribution < -0.4 is 11.1 Å². The van der Waals surface area contributed by atoms with Gasteiger partial charge in [-0.1, -0.05) is 0 Å². The molecule has 5 heteroatoms. The number of nitrogens with one attached hydrogen (secondary N) is 1. The number of rotatable bonds is 3. The highest BCUT2D eigenvalue weighted by atomic mass is 16.3. The number of nitrogens with two attached hydrogens (primary N) is 1. The molecule has 0 saturated carbocycles. The summed E-state index contributed by atoms with van der Waals surface area (Å²) >= 11 is 0. The summed E-state index contributed by atoms with van der Waals surface area (Å²) in [5.41, 5.74) is 5.91. The molecule has 1 aromatic heterocycles. The number of hydrogen-bond acceptors (Lipinski definition) is 5. The zero-order chi connectivity index (χ0) is 8.97. The highest BCUT2D eigenvalue weighted by Crippen LogP contribution is 2.00. The van der Waals surface area contributed by atoms with Crippen molar-refractivity contribution in [2.45, 2.75) is 13.0 Å². The Kier molecular flexibility index (Phi) is 2.82. The maximum Gasteiger partial charge on any atom is 0.222 e. The number of aliphatic hydroxyl groups excluding tert-OH is 1. The van der Waals surface area contributed by atoms with E-state index in [9.17, 15) is 0 Å². The molecule has 0 aliphatic rings. The van der Waals surface area contributed by atoms with E-state index in [4.69, 9.17) is 10.8 Å². The standard InChI is InChI=1S/C7H12N4O/c1-5(12)2-9-7-10-3-6(8)4-11-7/h3-5,12H,2,8H2,1H3,(H,9,10,11)/t5-/m0/s1. The van der Waals surface area contributed by atoms with Crippen molar-refractivity contribution < 1.29 is 5.11 Å². The van der Waals surface area contributed by atoms with Crippen LogP contribution in [0.3, 0.4) is 0 Å². The zero-order valence-corrected chi connectivity index (χ0v) is 6.86. The van der Waals surface area contributed by atoms with Gasteiger partial charge in [0.25, 0.3) is 0 Å². The minimum Gasteiger partial charge on any atom is -0.396 e. The first-order chi connectivity index (χ1) is 5.68. The molecule has 1 aromatic rings. The second-order valence-corrected chi connectivity index (χ2v) is 2.57. The van der Waals surface area contributed by atoms with Crippen LogP contribution in [0.25, 0.3) is 0 Å². The van der Waals surface area contributed by atoms with Crippen LogP contribution in [0.4, 0.5) is 11.6 Å². The summed E-state index contributed by atoms with van der Waals surface area (Å²) in [5, 5.41) is 11.8. The zero-order valence-electron chi connectivity index (χ0n) is 6.86. The van der Waals surface area contributed by atoms with Gasteiger partial charge in [-0.25, -0.2) is 9.97 Å². The highest BCUT2D eigenvalue weighted by molar-refractivity contribution is 5.35. The van der Waals surface area contributed by atoms with Crippen molar-refractivity contribution in [3.63, 3.8) is 0 Å². The van der Waals surface area contributed by atoms with Crippen LogP contribution in [0.2, 0.25) is 0 Å². The number of aromatic nitrogens is 2. The van der Waals surface area contributed by atoms with Crippen LogP contribution in [0.5, 0.6) is 0 Å². The number of aliphatic hydroxyl groups is 1. The van der Waals surface area contributed by atoms with E-state index in [0.29, 0.717) is 18.2 Å². The minimum atomic E-state index is -0.411. The lowest BCUT2D eigenvalue weighted by Gasteiger charge is -2.05. The molecule has 0 fully saturated rings. The van der Waals surface area contributed by atoms with Crippen molar-refractivity contribution in [2.75, 3.05) is 17.6 Å². The molecule has 0 aromatic carbocycles. The first kappa shape index (κ1) is 8.73. The van der Waals surface area contributed by atoms with Crippen LogP contribution in [0.1, 0.15) is 6.92 Å². The van der Waals surface area contributed by atoms with Gasteiger partial charge >= 0.3 is 0 Å². The van der Waals surface area contributed by atoms with Crippen molar-refractivity contribution in [3.05, 3.63) is 12.4 Å².